The van der Waals surface area contributed by atoms with E-state index in [1.165, 1.54) is 42.5 Å². The molecule has 0 unspecified atom stereocenters. The first kappa shape index (κ1) is 41.0. The van der Waals surface area contributed by atoms with Crippen molar-refractivity contribution in [3.05, 3.63) is 163 Å². The van der Waals surface area contributed by atoms with Crippen LogP contribution in [0.5, 0.6) is 40.2 Å². The summed E-state index contributed by atoms with van der Waals surface area (Å²) in [5, 5.41) is 14.2. The normalized spacial score (nSPS) is 11.5. The minimum absolute atomic E-state index is 0.0723. The van der Waals surface area contributed by atoms with Gasteiger partial charge in [-0.2, -0.15) is 12.8 Å². The molecule has 0 aromatic heterocycles. The molecule has 0 aliphatic carbocycles. The minimum Gasteiger partial charge on any atom is -0.691 e. The predicted molar refractivity (Wildman–Crippen MR) is 218 cm³/mol. The van der Waals surface area contributed by atoms with Crippen molar-refractivity contribution in [2.24, 2.45) is 0 Å². The molecule has 0 spiro atoms. The van der Waals surface area contributed by atoms with Crippen LogP contribution < -0.4 is 24.2 Å². The topological polar surface area (TPSA) is 167 Å². The Morgan fingerprint density at radius 1 is 0.508 bits per heavy atom. The molecule has 0 aliphatic heterocycles. The molecule has 0 bridgehead atoms. The van der Waals surface area contributed by atoms with Crippen molar-refractivity contribution in [2.45, 2.75) is 26.5 Å². The summed E-state index contributed by atoms with van der Waals surface area (Å²) in [6, 6.07) is 43.2. The lowest BCUT2D eigenvalue weighted by Gasteiger charge is -2.15. The highest BCUT2D eigenvalue weighted by molar-refractivity contribution is 7.94. The summed E-state index contributed by atoms with van der Waals surface area (Å²) in [4.78, 5) is 0.200. The molecule has 7 aromatic rings. The van der Waals surface area contributed by atoms with Gasteiger partial charge in [0.1, 0.15) is 40.2 Å². The first-order valence-electron chi connectivity index (χ1n) is 17.6. The van der Waals surface area contributed by atoms with Gasteiger partial charge in [0.2, 0.25) is 9.84 Å². The Kier molecular flexibility index (Phi) is 12.3. The lowest BCUT2D eigenvalue weighted by atomic mass is 10.1. The molecule has 300 valence electrons. The maximum Gasteiger partial charge on any atom is 0.294 e. The minimum atomic E-state index is -4.44. The van der Waals surface area contributed by atoms with E-state index in [0.29, 0.717) is 56.8 Å². The van der Waals surface area contributed by atoms with Gasteiger partial charge < -0.3 is 24.2 Å². The van der Waals surface area contributed by atoms with Crippen molar-refractivity contribution in [1.82, 2.24) is 0 Å². The molecule has 7 aromatic carbocycles. The fourth-order valence-electron chi connectivity index (χ4n) is 5.88. The molecule has 0 aliphatic rings. The second-order valence-electron chi connectivity index (χ2n) is 12.8. The van der Waals surface area contributed by atoms with Gasteiger partial charge in [0, 0.05) is 6.07 Å². The van der Waals surface area contributed by atoms with Crippen molar-refractivity contribution in [3.8, 4) is 62.5 Å². The second-order valence-corrected chi connectivity index (χ2v) is 16.9. The van der Waals surface area contributed by atoms with Crippen molar-refractivity contribution < 1.29 is 55.0 Å². The average molecular weight is 850 g/mol. The third-order valence-electron chi connectivity index (χ3n) is 8.96. The highest BCUT2D eigenvalue weighted by atomic mass is 32.2. The van der Waals surface area contributed by atoms with Gasteiger partial charge in [0.15, 0.2) is 0 Å². The largest absolute Gasteiger partial charge is 0.691 e. The summed E-state index contributed by atoms with van der Waals surface area (Å²) in [6.07, 6.45) is 0. The van der Waals surface area contributed by atoms with Gasteiger partial charge in [-0.05, 0) is 138 Å². The van der Waals surface area contributed by atoms with E-state index in [4.69, 9.17) is 18.9 Å². The van der Waals surface area contributed by atoms with Crippen LogP contribution in [0, 0.1) is 6.92 Å². The molecule has 59 heavy (non-hydrogen) atoms. The third kappa shape index (κ3) is 9.93. The molecule has 1 N–H and O–H groups in total. The highest BCUT2D eigenvalue weighted by Gasteiger charge is 2.19. The van der Waals surface area contributed by atoms with Gasteiger partial charge in [0.05, 0.1) is 38.7 Å². The molecule has 0 atom stereocenters. The van der Waals surface area contributed by atoms with Gasteiger partial charge in [-0.1, -0.05) is 48.5 Å². The number of rotatable bonds is 15. The lowest BCUT2D eigenvalue weighted by molar-refractivity contribution is -0.777. The zero-order valence-corrected chi connectivity index (χ0v) is 33.6. The summed E-state index contributed by atoms with van der Waals surface area (Å²) in [5.41, 5.74) is 3.78. The smallest absolute Gasteiger partial charge is 0.294 e. The Bertz CT molecular complexity index is 2790. The SMILES string of the molecule is COc1ccc(-c2ccc(Oc3ccc(S(=O)(=O)c4ccc(Oc5ccc(C)c(Oc6ccc(-c7cccc(S(=O)(=O)O)c7)cc6SOO[O-])c5)cc4)cc3)cc2)cc1. The van der Waals surface area contributed by atoms with Crippen LogP contribution >= 0.6 is 12.0 Å². The van der Waals surface area contributed by atoms with Gasteiger partial charge in [-0.15, -0.1) is 0 Å². The Hall–Kier alpha value is -6.17. The van der Waals surface area contributed by atoms with E-state index in [9.17, 15) is 26.6 Å². The van der Waals surface area contributed by atoms with Crippen molar-refractivity contribution in [3.63, 3.8) is 0 Å². The van der Waals surface area contributed by atoms with E-state index in [2.05, 4.69) is 9.37 Å². The zero-order chi connectivity index (χ0) is 41.6. The van der Waals surface area contributed by atoms with Crippen LogP contribution in [0.15, 0.2) is 177 Å². The number of methoxy groups -OCH3 is 1. The molecular formula is C44H33O12S3-. The first-order chi connectivity index (χ1) is 28.4. The Morgan fingerprint density at radius 3 is 1.58 bits per heavy atom. The number of ether oxygens (including phenoxy) is 4. The summed E-state index contributed by atoms with van der Waals surface area (Å²) in [5.74, 6) is 3.28. The van der Waals surface area contributed by atoms with Crippen LogP contribution in [0.1, 0.15) is 5.56 Å². The van der Waals surface area contributed by atoms with Crippen LogP contribution in [0.4, 0.5) is 0 Å². The Labute approximate surface area is 344 Å². The quantitative estimate of drug-likeness (QED) is 0.0448. The van der Waals surface area contributed by atoms with Crippen molar-refractivity contribution >= 4 is 32.0 Å². The molecule has 0 fully saturated rings. The summed E-state index contributed by atoms with van der Waals surface area (Å²) in [7, 11) is -6.68. The van der Waals surface area contributed by atoms with Crippen molar-refractivity contribution in [1.29, 1.82) is 0 Å². The molecule has 0 radical (unpaired) electrons. The van der Waals surface area contributed by atoms with E-state index >= 15 is 0 Å². The fourth-order valence-corrected chi connectivity index (χ4v) is 8.13. The van der Waals surface area contributed by atoms with Gasteiger partial charge in [-0.3, -0.25) is 9.59 Å². The van der Waals surface area contributed by atoms with Gasteiger partial charge in [-0.25, -0.2) is 8.42 Å². The number of benzene rings is 7. The number of sulfone groups is 1. The molecule has 0 amide bonds. The van der Waals surface area contributed by atoms with Crippen LogP contribution in [-0.2, 0) is 29.3 Å². The number of hydrogen-bond acceptors (Lipinski definition) is 12. The molecule has 0 saturated carbocycles. The second kappa shape index (κ2) is 17.8. The van der Waals surface area contributed by atoms with Crippen LogP contribution in [0.2, 0.25) is 0 Å². The maximum absolute atomic E-state index is 13.5. The fraction of sp³-hybridized carbons (Fsp3) is 0.0455. The Balaban J connectivity index is 1.01. The van der Waals surface area contributed by atoms with E-state index < -0.39 is 20.0 Å². The molecule has 15 heteroatoms. The van der Waals surface area contributed by atoms with Gasteiger partial charge >= 0.3 is 0 Å². The van der Waals surface area contributed by atoms with Crippen LogP contribution in [-0.4, -0.2) is 28.5 Å². The van der Waals surface area contributed by atoms with Crippen LogP contribution in [0.25, 0.3) is 22.3 Å². The summed E-state index contributed by atoms with van der Waals surface area (Å²) >= 11 is 0.584. The maximum atomic E-state index is 13.5. The standard InChI is InChI=1S/C44H34O12S3/c1-29-6-12-38(28-43(29)54-42-25-11-33(27-44(42)57-56-55-45)32-4-3-5-41(26-32)59(48,49)50)53-37-19-23-40(24-20-37)58(46,47)39-21-17-36(18-22-39)52-35-15-9-31(10-16-35)30-7-13-34(51-2)14-8-30/h3-28,45H,1-2H3,(H,48,49,50)/p-1. The van der Waals surface area contributed by atoms with E-state index in [1.807, 2.05) is 55.5 Å². The third-order valence-corrected chi connectivity index (χ3v) is 12.2. The van der Waals surface area contributed by atoms with E-state index in [0.717, 1.165) is 22.4 Å². The van der Waals surface area contributed by atoms with Gasteiger partial charge in [0.25, 0.3) is 10.1 Å². The lowest BCUT2D eigenvalue weighted by Crippen LogP contribution is -2.02. The van der Waals surface area contributed by atoms with Crippen molar-refractivity contribution in [2.75, 3.05) is 7.11 Å². The summed E-state index contributed by atoms with van der Waals surface area (Å²) in [6.45, 7) is 1.82. The Morgan fingerprint density at radius 2 is 1.02 bits per heavy atom. The molecule has 0 heterocycles. The van der Waals surface area contributed by atoms with E-state index in [1.54, 1.807) is 73.8 Å². The average Bonchev–Trinajstić information content (AvgIpc) is 3.25. The number of hydrogen-bond donors (Lipinski definition) is 1. The molecule has 7 rings (SSSR count). The summed E-state index contributed by atoms with van der Waals surface area (Å²) < 4.78 is 87.9. The first-order valence-corrected chi connectivity index (χ1v) is 21.3. The highest BCUT2D eigenvalue weighted by Crippen LogP contribution is 2.40. The van der Waals surface area contributed by atoms with Crippen LogP contribution in [0.3, 0.4) is 0 Å². The zero-order valence-electron chi connectivity index (χ0n) is 31.2. The van der Waals surface area contributed by atoms with E-state index in [-0.39, 0.29) is 20.4 Å². The molecule has 0 saturated heterocycles. The predicted octanol–water partition coefficient (Wildman–Crippen LogP) is 10.0. The number of aryl methyl sites for hydroxylation is 1. The molecule has 12 nitrogen and oxygen atoms in total. The molecular weight excluding hydrogens is 817 g/mol. The monoisotopic (exact) mass is 849 g/mol.